The van der Waals surface area contributed by atoms with Crippen molar-refractivity contribution < 1.29 is 4.79 Å². The van der Waals surface area contributed by atoms with Crippen molar-refractivity contribution in [1.29, 1.82) is 0 Å². The van der Waals surface area contributed by atoms with Crippen LogP contribution in [0.25, 0.3) is 0 Å². The summed E-state index contributed by atoms with van der Waals surface area (Å²) in [6.45, 7) is 4.94. The summed E-state index contributed by atoms with van der Waals surface area (Å²) in [7, 11) is 1.82. The van der Waals surface area contributed by atoms with Gasteiger partial charge in [0.2, 0.25) is 5.91 Å². The van der Waals surface area contributed by atoms with Crippen LogP contribution in [0.4, 0.5) is 5.69 Å². The number of anilines is 1. The summed E-state index contributed by atoms with van der Waals surface area (Å²) in [5, 5.41) is 6.82. The van der Waals surface area contributed by atoms with E-state index >= 15 is 0 Å². The lowest BCUT2D eigenvalue weighted by atomic mass is 9.84. The molecule has 0 aliphatic rings. The Kier molecular flexibility index (Phi) is 4.69. The SMILES string of the molecule is Cn1cc(NC(=O)CCC(C)(C)CCN)cn1. The summed E-state index contributed by atoms with van der Waals surface area (Å²) < 4.78 is 1.66. The molecule has 0 bridgehead atoms. The second kappa shape index (κ2) is 5.82. The van der Waals surface area contributed by atoms with E-state index in [2.05, 4.69) is 24.3 Å². The van der Waals surface area contributed by atoms with Crippen molar-refractivity contribution in [3.05, 3.63) is 12.4 Å². The van der Waals surface area contributed by atoms with Crippen molar-refractivity contribution in [3.8, 4) is 0 Å². The summed E-state index contributed by atoms with van der Waals surface area (Å²) in [6.07, 6.45) is 5.72. The number of amides is 1. The molecule has 0 aliphatic carbocycles. The van der Waals surface area contributed by atoms with Crippen LogP contribution < -0.4 is 11.1 Å². The highest BCUT2D eigenvalue weighted by Crippen LogP contribution is 2.25. The number of hydrogen-bond donors (Lipinski definition) is 2. The molecule has 17 heavy (non-hydrogen) atoms. The summed E-state index contributed by atoms with van der Waals surface area (Å²) in [4.78, 5) is 11.7. The molecule has 1 rings (SSSR count). The minimum Gasteiger partial charge on any atom is -0.330 e. The Labute approximate surface area is 102 Å². The van der Waals surface area contributed by atoms with Gasteiger partial charge in [0.05, 0.1) is 11.9 Å². The number of carbonyl (C=O) groups excluding carboxylic acids is 1. The van der Waals surface area contributed by atoms with Crippen molar-refractivity contribution in [3.63, 3.8) is 0 Å². The van der Waals surface area contributed by atoms with Crippen molar-refractivity contribution in [2.75, 3.05) is 11.9 Å². The van der Waals surface area contributed by atoms with Crippen LogP contribution in [-0.2, 0) is 11.8 Å². The second-order valence-corrected chi connectivity index (χ2v) is 5.15. The zero-order valence-corrected chi connectivity index (χ0v) is 10.9. The van der Waals surface area contributed by atoms with E-state index in [1.165, 1.54) is 0 Å². The lowest BCUT2D eigenvalue weighted by Crippen LogP contribution is -2.20. The molecule has 0 aliphatic heterocycles. The van der Waals surface area contributed by atoms with E-state index in [9.17, 15) is 4.79 Å². The summed E-state index contributed by atoms with van der Waals surface area (Å²) >= 11 is 0. The van der Waals surface area contributed by atoms with E-state index < -0.39 is 0 Å². The summed E-state index contributed by atoms with van der Waals surface area (Å²) in [6, 6.07) is 0. The standard InChI is InChI=1S/C12H22N4O/c1-12(2,6-7-13)5-4-11(17)15-10-8-14-16(3)9-10/h8-9H,4-7,13H2,1-3H3,(H,15,17). The fourth-order valence-electron chi connectivity index (χ4n) is 1.68. The number of hydrogen-bond acceptors (Lipinski definition) is 3. The lowest BCUT2D eigenvalue weighted by molar-refractivity contribution is -0.116. The van der Waals surface area contributed by atoms with Crippen molar-refractivity contribution in [1.82, 2.24) is 9.78 Å². The molecular weight excluding hydrogens is 216 g/mol. The van der Waals surface area contributed by atoms with Crippen molar-refractivity contribution >= 4 is 11.6 Å². The molecule has 96 valence electrons. The zero-order chi connectivity index (χ0) is 12.9. The molecule has 1 aromatic rings. The number of aryl methyl sites for hydroxylation is 1. The van der Waals surface area contributed by atoms with Crippen LogP contribution in [0.15, 0.2) is 12.4 Å². The van der Waals surface area contributed by atoms with Crippen LogP contribution in [-0.4, -0.2) is 22.2 Å². The molecule has 1 heterocycles. The highest BCUT2D eigenvalue weighted by molar-refractivity contribution is 5.90. The predicted molar refractivity (Wildman–Crippen MR) is 68.5 cm³/mol. The first-order chi connectivity index (χ1) is 7.93. The van der Waals surface area contributed by atoms with Crippen LogP contribution in [0.5, 0.6) is 0 Å². The quantitative estimate of drug-likeness (QED) is 0.789. The Hall–Kier alpha value is -1.36. The Morgan fingerprint density at radius 3 is 2.76 bits per heavy atom. The third-order valence-electron chi connectivity index (χ3n) is 2.84. The van der Waals surface area contributed by atoms with Crippen LogP contribution in [0.3, 0.4) is 0 Å². The van der Waals surface area contributed by atoms with Gasteiger partial charge < -0.3 is 11.1 Å². The minimum absolute atomic E-state index is 0.0306. The first kappa shape index (κ1) is 13.7. The summed E-state index contributed by atoms with van der Waals surface area (Å²) in [5.41, 5.74) is 6.41. The number of rotatable bonds is 6. The molecule has 1 aromatic heterocycles. The van der Waals surface area contributed by atoms with E-state index in [1.807, 2.05) is 7.05 Å². The van der Waals surface area contributed by atoms with E-state index in [1.54, 1.807) is 17.1 Å². The normalized spacial score (nSPS) is 11.5. The van der Waals surface area contributed by atoms with Gasteiger partial charge in [-0.3, -0.25) is 9.48 Å². The van der Waals surface area contributed by atoms with Gasteiger partial charge in [-0.1, -0.05) is 13.8 Å². The molecule has 1 amide bonds. The van der Waals surface area contributed by atoms with Gasteiger partial charge >= 0.3 is 0 Å². The van der Waals surface area contributed by atoms with Gasteiger partial charge in [-0.05, 0) is 24.8 Å². The third-order valence-corrected chi connectivity index (χ3v) is 2.84. The van der Waals surface area contributed by atoms with Crippen molar-refractivity contribution in [2.24, 2.45) is 18.2 Å². The molecule has 0 spiro atoms. The number of nitrogens with two attached hydrogens (primary N) is 1. The minimum atomic E-state index is 0.0306. The number of carbonyl (C=O) groups is 1. The van der Waals surface area contributed by atoms with Gasteiger partial charge in [-0.25, -0.2) is 0 Å². The highest BCUT2D eigenvalue weighted by atomic mass is 16.1. The average molecular weight is 238 g/mol. The zero-order valence-electron chi connectivity index (χ0n) is 10.9. The maximum Gasteiger partial charge on any atom is 0.224 e. The maximum absolute atomic E-state index is 11.7. The Balaban J connectivity index is 2.35. The van der Waals surface area contributed by atoms with E-state index in [-0.39, 0.29) is 11.3 Å². The molecule has 0 radical (unpaired) electrons. The summed E-state index contributed by atoms with van der Waals surface area (Å²) in [5.74, 6) is 0.0306. The van der Waals surface area contributed by atoms with Crippen LogP contribution in [0.1, 0.15) is 33.1 Å². The monoisotopic (exact) mass is 238 g/mol. The fraction of sp³-hybridized carbons (Fsp3) is 0.667. The Bertz CT molecular complexity index is 370. The molecule has 0 unspecified atom stereocenters. The number of nitrogens with zero attached hydrogens (tertiary/aromatic N) is 2. The van der Waals surface area contributed by atoms with Crippen LogP contribution >= 0.6 is 0 Å². The van der Waals surface area contributed by atoms with Crippen LogP contribution in [0, 0.1) is 5.41 Å². The number of nitrogens with one attached hydrogen (secondary N) is 1. The molecule has 0 saturated heterocycles. The van der Waals surface area contributed by atoms with Crippen LogP contribution in [0.2, 0.25) is 0 Å². The third kappa shape index (κ3) is 4.99. The topological polar surface area (TPSA) is 72.9 Å². The van der Waals surface area contributed by atoms with Gasteiger partial charge in [0, 0.05) is 19.7 Å². The van der Waals surface area contributed by atoms with E-state index in [4.69, 9.17) is 5.73 Å². The molecule has 0 atom stereocenters. The average Bonchev–Trinajstić information content (AvgIpc) is 2.61. The molecule has 0 saturated carbocycles. The molecule has 0 aromatic carbocycles. The van der Waals surface area contributed by atoms with E-state index in [0.29, 0.717) is 13.0 Å². The number of aromatic nitrogens is 2. The first-order valence-corrected chi connectivity index (χ1v) is 5.91. The lowest BCUT2D eigenvalue weighted by Gasteiger charge is -2.23. The van der Waals surface area contributed by atoms with Gasteiger partial charge in [0.25, 0.3) is 0 Å². The fourth-order valence-corrected chi connectivity index (χ4v) is 1.68. The Morgan fingerprint density at radius 2 is 2.24 bits per heavy atom. The predicted octanol–water partition coefficient (Wildman–Crippen LogP) is 1.51. The largest absolute Gasteiger partial charge is 0.330 e. The second-order valence-electron chi connectivity index (χ2n) is 5.15. The first-order valence-electron chi connectivity index (χ1n) is 5.91. The maximum atomic E-state index is 11.7. The smallest absolute Gasteiger partial charge is 0.224 e. The van der Waals surface area contributed by atoms with Gasteiger partial charge in [0.1, 0.15) is 0 Å². The van der Waals surface area contributed by atoms with Gasteiger partial charge in [0.15, 0.2) is 0 Å². The molecule has 3 N–H and O–H groups in total. The molecule has 5 nitrogen and oxygen atoms in total. The highest BCUT2D eigenvalue weighted by Gasteiger charge is 2.18. The van der Waals surface area contributed by atoms with Gasteiger partial charge in [-0.15, -0.1) is 0 Å². The van der Waals surface area contributed by atoms with E-state index in [0.717, 1.165) is 18.5 Å². The molecular formula is C12H22N4O. The van der Waals surface area contributed by atoms with Crippen molar-refractivity contribution in [2.45, 2.75) is 33.1 Å². The molecule has 0 fully saturated rings. The Morgan fingerprint density at radius 1 is 1.53 bits per heavy atom. The molecule has 5 heteroatoms. The van der Waals surface area contributed by atoms with Gasteiger partial charge in [-0.2, -0.15) is 5.10 Å².